The molecule has 3 aromatic rings. The van der Waals surface area contributed by atoms with E-state index in [4.69, 9.17) is 16.3 Å². The molecule has 0 atom stereocenters. The van der Waals surface area contributed by atoms with Gasteiger partial charge in [0.2, 0.25) is 5.91 Å². The Labute approximate surface area is 210 Å². The van der Waals surface area contributed by atoms with Crippen LogP contribution in [0.25, 0.3) is 5.69 Å². The number of anilines is 1. The van der Waals surface area contributed by atoms with Crippen LogP contribution in [0.4, 0.5) is 5.82 Å². The largest absolute Gasteiger partial charge is 0.491 e. The lowest BCUT2D eigenvalue weighted by Crippen LogP contribution is -2.41. The van der Waals surface area contributed by atoms with Crippen molar-refractivity contribution in [2.75, 3.05) is 18.0 Å². The summed E-state index contributed by atoms with van der Waals surface area (Å²) in [5.74, 6) is 1.56. The van der Waals surface area contributed by atoms with Gasteiger partial charge < -0.3 is 15.0 Å². The Hall–Kier alpha value is -3.32. The highest BCUT2D eigenvalue weighted by Crippen LogP contribution is 2.23. The quantitative estimate of drug-likeness (QED) is 0.522. The number of ether oxygens (including phenoxy) is 1. The number of aryl methyl sites for hydroxylation is 1. The number of nitrogens with one attached hydrogen (secondary N) is 1. The smallest absolute Gasteiger partial charge is 0.271 e. The number of benzene rings is 2. The van der Waals surface area contributed by atoms with Crippen LogP contribution in [0.15, 0.2) is 59.4 Å². The number of nitrogens with zero attached hydrogens (tertiary/aromatic N) is 3. The molecular weight excluding hydrogens is 464 g/mol. The van der Waals surface area contributed by atoms with E-state index >= 15 is 0 Å². The Kier molecular flexibility index (Phi) is 7.76. The number of halogens is 1. The highest BCUT2D eigenvalue weighted by atomic mass is 35.5. The minimum absolute atomic E-state index is 0.0448. The molecule has 1 fully saturated rings. The zero-order valence-electron chi connectivity index (χ0n) is 20.3. The van der Waals surface area contributed by atoms with Crippen LogP contribution in [0.1, 0.15) is 37.8 Å². The van der Waals surface area contributed by atoms with E-state index in [0.717, 1.165) is 29.7 Å². The number of rotatable bonds is 7. The predicted molar refractivity (Wildman–Crippen MR) is 139 cm³/mol. The molecule has 0 unspecified atom stereocenters. The van der Waals surface area contributed by atoms with Crippen molar-refractivity contribution in [3.63, 3.8) is 0 Å². The summed E-state index contributed by atoms with van der Waals surface area (Å²) in [7, 11) is 0. The number of hydrogen-bond donors (Lipinski definition) is 1. The van der Waals surface area contributed by atoms with E-state index in [1.807, 2.05) is 57.2 Å². The number of piperidine rings is 1. The molecule has 1 aromatic heterocycles. The van der Waals surface area contributed by atoms with Crippen molar-refractivity contribution >= 4 is 23.3 Å². The summed E-state index contributed by atoms with van der Waals surface area (Å²) >= 11 is 6.24. The van der Waals surface area contributed by atoms with Crippen LogP contribution >= 0.6 is 11.6 Å². The summed E-state index contributed by atoms with van der Waals surface area (Å²) in [6.45, 7) is 7.78. The van der Waals surface area contributed by atoms with E-state index in [1.54, 1.807) is 12.1 Å². The standard InChI is InChI=1S/C27H31ClN4O3/c1-18(2)35-23-8-5-20(6-9-23)17-29-27(34)21-12-14-31(15-13-21)25-10-11-26(33)32(30-25)22-7-4-19(3)24(28)16-22/h4-11,16,18,21H,12-15,17H2,1-3H3,(H,29,34). The Morgan fingerprint density at radius 2 is 1.83 bits per heavy atom. The molecule has 1 aliphatic rings. The number of carbonyl (C=O) groups is 1. The summed E-state index contributed by atoms with van der Waals surface area (Å²) < 4.78 is 7.04. The normalized spacial score (nSPS) is 14.3. The minimum atomic E-state index is -0.216. The first kappa shape index (κ1) is 24.8. The van der Waals surface area contributed by atoms with Gasteiger partial charge in [-0.1, -0.05) is 29.8 Å². The monoisotopic (exact) mass is 494 g/mol. The summed E-state index contributed by atoms with van der Waals surface area (Å²) in [6.07, 6.45) is 1.58. The van der Waals surface area contributed by atoms with Gasteiger partial charge in [-0.05, 0) is 75.1 Å². The van der Waals surface area contributed by atoms with Crippen molar-refractivity contribution in [3.05, 3.63) is 81.1 Å². The first-order chi connectivity index (χ1) is 16.8. The number of hydrogen-bond acceptors (Lipinski definition) is 5. The molecule has 7 nitrogen and oxygen atoms in total. The fourth-order valence-electron chi connectivity index (χ4n) is 4.13. The van der Waals surface area contributed by atoms with Gasteiger partial charge in [-0.25, -0.2) is 0 Å². The van der Waals surface area contributed by atoms with Crippen LogP contribution in [0, 0.1) is 12.8 Å². The molecule has 8 heteroatoms. The third-order valence-corrected chi connectivity index (χ3v) is 6.55. The van der Waals surface area contributed by atoms with Crippen LogP contribution in [-0.2, 0) is 11.3 Å². The third-order valence-electron chi connectivity index (χ3n) is 6.14. The number of carbonyl (C=O) groups excluding carboxylic acids is 1. The Balaban J connectivity index is 1.33. The zero-order chi connectivity index (χ0) is 24.9. The lowest BCUT2D eigenvalue weighted by molar-refractivity contribution is -0.125. The van der Waals surface area contributed by atoms with Crippen LogP contribution in [0.5, 0.6) is 5.75 Å². The summed E-state index contributed by atoms with van der Waals surface area (Å²) in [5, 5.41) is 8.22. The van der Waals surface area contributed by atoms with Crippen molar-refractivity contribution in [1.29, 1.82) is 0 Å². The van der Waals surface area contributed by atoms with Crippen LogP contribution in [0.3, 0.4) is 0 Å². The van der Waals surface area contributed by atoms with Gasteiger partial charge in [0, 0.05) is 36.6 Å². The first-order valence-electron chi connectivity index (χ1n) is 12.0. The molecule has 184 valence electrons. The fraction of sp³-hybridized carbons (Fsp3) is 0.370. The molecule has 1 saturated heterocycles. The second kappa shape index (κ2) is 11.0. The molecule has 1 aliphatic heterocycles. The van der Waals surface area contributed by atoms with Gasteiger partial charge in [-0.3, -0.25) is 9.59 Å². The topological polar surface area (TPSA) is 76.5 Å². The molecule has 1 N–H and O–H groups in total. The van der Waals surface area contributed by atoms with Gasteiger partial charge in [0.25, 0.3) is 5.56 Å². The maximum Gasteiger partial charge on any atom is 0.271 e. The second-order valence-electron chi connectivity index (χ2n) is 9.16. The molecule has 0 spiro atoms. The molecule has 1 amide bonds. The van der Waals surface area contributed by atoms with E-state index in [2.05, 4.69) is 15.3 Å². The third kappa shape index (κ3) is 6.22. The highest BCUT2D eigenvalue weighted by molar-refractivity contribution is 6.31. The molecule has 4 rings (SSSR count). The first-order valence-corrected chi connectivity index (χ1v) is 12.3. The van der Waals surface area contributed by atoms with Gasteiger partial charge in [0.05, 0.1) is 11.8 Å². The van der Waals surface area contributed by atoms with E-state index in [9.17, 15) is 9.59 Å². The summed E-state index contributed by atoms with van der Waals surface area (Å²) in [5.41, 5.74) is 2.39. The van der Waals surface area contributed by atoms with Crippen LogP contribution in [-0.4, -0.2) is 34.9 Å². The molecule has 35 heavy (non-hydrogen) atoms. The van der Waals surface area contributed by atoms with Gasteiger partial charge in [-0.2, -0.15) is 4.68 Å². The molecular formula is C27H31ClN4O3. The van der Waals surface area contributed by atoms with Crippen molar-refractivity contribution in [2.45, 2.75) is 46.3 Å². The Morgan fingerprint density at radius 1 is 1.11 bits per heavy atom. The van der Waals surface area contributed by atoms with Crippen molar-refractivity contribution in [2.24, 2.45) is 5.92 Å². The SMILES string of the molecule is Cc1ccc(-n2nc(N3CCC(C(=O)NCc4ccc(OC(C)C)cc4)CC3)ccc2=O)cc1Cl. The molecule has 0 radical (unpaired) electrons. The van der Waals surface area contributed by atoms with Crippen molar-refractivity contribution in [1.82, 2.24) is 15.1 Å². The van der Waals surface area contributed by atoms with Crippen molar-refractivity contribution < 1.29 is 9.53 Å². The Morgan fingerprint density at radius 3 is 2.49 bits per heavy atom. The number of aromatic nitrogens is 2. The average molecular weight is 495 g/mol. The zero-order valence-corrected chi connectivity index (χ0v) is 21.1. The second-order valence-corrected chi connectivity index (χ2v) is 9.57. The maximum absolute atomic E-state index is 12.7. The van der Waals surface area contributed by atoms with Gasteiger partial charge >= 0.3 is 0 Å². The van der Waals surface area contributed by atoms with E-state index < -0.39 is 0 Å². The summed E-state index contributed by atoms with van der Waals surface area (Å²) in [4.78, 5) is 27.3. The van der Waals surface area contributed by atoms with E-state index in [0.29, 0.717) is 36.2 Å². The van der Waals surface area contributed by atoms with E-state index in [-0.39, 0.29) is 23.5 Å². The fourth-order valence-corrected chi connectivity index (χ4v) is 4.31. The van der Waals surface area contributed by atoms with Gasteiger partial charge in [0.15, 0.2) is 0 Å². The molecule has 0 aliphatic carbocycles. The van der Waals surface area contributed by atoms with Gasteiger partial charge in [-0.15, -0.1) is 5.10 Å². The van der Waals surface area contributed by atoms with Gasteiger partial charge in [0.1, 0.15) is 11.6 Å². The highest BCUT2D eigenvalue weighted by Gasteiger charge is 2.26. The molecule has 0 bridgehead atoms. The minimum Gasteiger partial charge on any atom is -0.491 e. The lowest BCUT2D eigenvalue weighted by Gasteiger charge is -2.32. The Bertz CT molecular complexity index is 1230. The van der Waals surface area contributed by atoms with Crippen LogP contribution < -0.4 is 20.5 Å². The van der Waals surface area contributed by atoms with Crippen molar-refractivity contribution in [3.8, 4) is 11.4 Å². The molecule has 0 saturated carbocycles. The average Bonchev–Trinajstić information content (AvgIpc) is 2.85. The molecule has 2 aromatic carbocycles. The van der Waals surface area contributed by atoms with E-state index in [1.165, 1.54) is 10.7 Å². The number of amides is 1. The predicted octanol–water partition coefficient (Wildman–Crippen LogP) is 4.51. The maximum atomic E-state index is 12.7. The molecule has 2 heterocycles. The lowest BCUT2D eigenvalue weighted by atomic mass is 9.96. The summed E-state index contributed by atoms with van der Waals surface area (Å²) in [6, 6.07) is 16.5. The van der Waals surface area contributed by atoms with Crippen LogP contribution in [0.2, 0.25) is 5.02 Å².